The Balaban J connectivity index is 2.67. The molecule has 1 heteroatoms. The van der Waals surface area contributed by atoms with Crippen LogP contribution in [0.5, 0.6) is 0 Å². The highest BCUT2D eigenvalue weighted by Crippen LogP contribution is 1.98. The van der Waals surface area contributed by atoms with Crippen LogP contribution in [0, 0.1) is 12.3 Å². The van der Waals surface area contributed by atoms with Gasteiger partial charge in [0.2, 0.25) is 5.78 Å². The van der Waals surface area contributed by atoms with Crippen LogP contribution in [0.3, 0.4) is 0 Å². The number of terminal acetylenes is 1. The summed E-state index contributed by atoms with van der Waals surface area (Å²) in [6, 6.07) is 9.45. The summed E-state index contributed by atoms with van der Waals surface area (Å²) in [6.07, 6.45) is 5.26. The largest absolute Gasteiger partial charge is 0.285 e. The average molecular weight is 144 g/mol. The van der Waals surface area contributed by atoms with Crippen molar-refractivity contribution in [3.63, 3.8) is 0 Å². The van der Waals surface area contributed by atoms with Crippen molar-refractivity contribution in [3.05, 3.63) is 35.9 Å². The van der Waals surface area contributed by atoms with Crippen molar-refractivity contribution in [1.29, 1.82) is 0 Å². The van der Waals surface area contributed by atoms with E-state index in [1.807, 2.05) is 30.3 Å². The number of Topliss-reactive ketones (excluding diaryl/α,β-unsaturated/α-hetero) is 1. The fourth-order valence-corrected chi connectivity index (χ4v) is 0.832. The fraction of sp³-hybridized carbons (Fsp3) is 0.100. The van der Waals surface area contributed by atoms with Gasteiger partial charge in [-0.05, 0) is 11.5 Å². The van der Waals surface area contributed by atoms with E-state index in [1.165, 1.54) is 0 Å². The van der Waals surface area contributed by atoms with E-state index in [1.54, 1.807) is 0 Å². The predicted octanol–water partition coefficient (Wildman–Crippen LogP) is 1.43. The van der Waals surface area contributed by atoms with Gasteiger partial charge in [0.15, 0.2) is 0 Å². The zero-order valence-electron chi connectivity index (χ0n) is 6.08. The molecule has 1 rings (SSSR count). The molecule has 0 bridgehead atoms. The van der Waals surface area contributed by atoms with Crippen molar-refractivity contribution >= 4 is 5.78 Å². The Kier molecular flexibility index (Phi) is 2.46. The van der Waals surface area contributed by atoms with Gasteiger partial charge < -0.3 is 0 Å². The fourth-order valence-electron chi connectivity index (χ4n) is 0.832. The summed E-state index contributed by atoms with van der Waals surface area (Å²) in [7, 11) is 0. The van der Waals surface area contributed by atoms with Gasteiger partial charge in [0.1, 0.15) is 0 Å². The van der Waals surface area contributed by atoms with Gasteiger partial charge >= 0.3 is 0 Å². The molecule has 0 amide bonds. The lowest BCUT2D eigenvalue weighted by atomic mass is 10.1. The van der Waals surface area contributed by atoms with E-state index in [2.05, 4.69) is 5.92 Å². The monoisotopic (exact) mass is 144 g/mol. The highest BCUT2D eigenvalue weighted by atomic mass is 16.1. The molecule has 0 radical (unpaired) electrons. The maximum absolute atomic E-state index is 10.7. The molecular formula is C10H8O. The number of benzene rings is 1. The molecular weight excluding hydrogens is 136 g/mol. The van der Waals surface area contributed by atoms with Crippen LogP contribution < -0.4 is 0 Å². The van der Waals surface area contributed by atoms with Crippen LogP contribution >= 0.6 is 0 Å². The summed E-state index contributed by atoms with van der Waals surface area (Å²) < 4.78 is 0. The highest BCUT2D eigenvalue weighted by molar-refractivity contribution is 5.96. The quantitative estimate of drug-likeness (QED) is 0.453. The molecule has 54 valence electrons. The van der Waals surface area contributed by atoms with E-state index in [4.69, 9.17) is 6.42 Å². The van der Waals surface area contributed by atoms with Gasteiger partial charge in [0.05, 0.1) is 0 Å². The number of ketones is 1. The van der Waals surface area contributed by atoms with Gasteiger partial charge in [-0.1, -0.05) is 30.3 Å². The number of carbonyl (C=O) groups is 1. The molecule has 0 spiro atoms. The zero-order chi connectivity index (χ0) is 8.10. The standard InChI is InChI=1S/C10H8O/c1-2-10(11)8-9-6-4-3-5-7-9/h1,3-7H,8H2. The molecule has 1 aromatic carbocycles. The first kappa shape index (κ1) is 7.56. The van der Waals surface area contributed by atoms with Gasteiger partial charge in [0.25, 0.3) is 0 Å². The average Bonchev–Trinajstić information content (AvgIpc) is 2.06. The Morgan fingerprint density at radius 3 is 2.55 bits per heavy atom. The van der Waals surface area contributed by atoms with Crippen molar-refractivity contribution in [2.75, 3.05) is 0 Å². The van der Waals surface area contributed by atoms with Gasteiger partial charge in [-0.25, -0.2) is 0 Å². The van der Waals surface area contributed by atoms with Crippen molar-refractivity contribution in [1.82, 2.24) is 0 Å². The third-order valence-electron chi connectivity index (χ3n) is 1.37. The van der Waals surface area contributed by atoms with E-state index < -0.39 is 0 Å². The van der Waals surface area contributed by atoms with Crippen molar-refractivity contribution in [2.45, 2.75) is 6.42 Å². The second kappa shape index (κ2) is 3.58. The minimum absolute atomic E-state index is 0.170. The summed E-state index contributed by atoms with van der Waals surface area (Å²) in [6.45, 7) is 0. The minimum Gasteiger partial charge on any atom is -0.285 e. The molecule has 0 N–H and O–H groups in total. The second-order valence-corrected chi connectivity index (χ2v) is 2.23. The normalized spacial score (nSPS) is 8.64. The van der Waals surface area contributed by atoms with Crippen molar-refractivity contribution < 1.29 is 4.79 Å². The Morgan fingerprint density at radius 2 is 2.00 bits per heavy atom. The Labute approximate surface area is 66.1 Å². The second-order valence-electron chi connectivity index (χ2n) is 2.23. The van der Waals surface area contributed by atoms with Gasteiger partial charge in [-0.2, -0.15) is 0 Å². The molecule has 0 aromatic heterocycles. The van der Waals surface area contributed by atoms with Crippen LogP contribution in [-0.2, 0) is 11.2 Å². The number of rotatable bonds is 2. The lowest BCUT2D eigenvalue weighted by Crippen LogP contribution is -1.97. The molecule has 0 fully saturated rings. The molecule has 0 heterocycles. The van der Waals surface area contributed by atoms with Gasteiger partial charge in [0, 0.05) is 6.42 Å². The number of hydrogen-bond acceptors (Lipinski definition) is 1. The summed E-state index contributed by atoms with van der Waals surface area (Å²) in [5.41, 5.74) is 0.968. The molecule has 0 saturated carbocycles. The first-order valence-corrected chi connectivity index (χ1v) is 3.36. The third-order valence-corrected chi connectivity index (χ3v) is 1.37. The number of carbonyl (C=O) groups excluding carboxylic acids is 1. The molecule has 0 aliphatic rings. The van der Waals surface area contributed by atoms with Crippen molar-refractivity contribution in [2.24, 2.45) is 0 Å². The van der Waals surface area contributed by atoms with Crippen LogP contribution in [0.2, 0.25) is 0 Å². The van der Waals surface area contributed by atoms with Crippen LogP contribution in [-0.4, -0.2) is 5.78 Å². The molecule has 0 aliphatic heterocycles. The van der Waals surface area contributed by atoms with Crippen LogP contribution in [0.1, 0.15) is 5.56 Å². The molecule has 11 heavy (non-hydrogen) atoms. The van der Waals surface area contributed by atoms with Crippen LogP contribution in [0.4, 0.5) is 0 Å². The first-order valence-electron chi connectivity index (χ1n) is 3.36. The summed E-state index contributed by atoms with van der Waals surface area (Å²) in [4.78, 5) is 10.7. The summed E-state index contributed by atoms with van der Waals surface area (Å²) >= 11 is 0. The van der Waals surface area contributed by atoms with Crippen LogP contribution in [0.25, 0.3) is 0 Å². The Morgan fingerprint density at radius 1 is 1.36 bits per heavy atom. The van der Waals surface area contributed by atoms with E-state index in [-0.39, 0.29) is 5.78 Å². The number of hydrogen-bond donors (Lipinski definition) is 0. The smallest absolute Gasteiger partial charge is 0.209 e. The minimum atomic E-state index is -0.170. The van der Waals surface area contributed by atoms with Crippen LogP contribution in [0.15, 0.2) is 30.3 Å². The molecule has 0 unspecified atom stereocenters. The molecule has 0 saturated heterocycles. The lowest BCUT2D eigenvalue weighted by Gasteiger charge is -1.93. The Hall–Kier alpha value is -1.55. The third kappa shape index (κ3) is 2.27. The molecule has 0 atom stereocenters. The molecule has 0 aliphatic carbocycles. The Bertz CT molecular complexity index is 279. The predicted molar refractivity (Wildman–Crippen MR) is 44.0 cm³/mol. The highest BCUT2D eigenvalue weighted by Gasteiger charge is 1.96. The summed E-state index contributed by atoms with van der Waals surface area (Å²) in [5.74, 6) is 1.90. The lowest BCUT2D eigenvalue weighted by molar-refractivity contribution is -0.113. The van der Waals surface area contributed by atoms with E-state index in [0.29, 0.717) is 6.42 Å². The maximum atomic E-state index is 10.7. The first-order chi connectivity index (χ1) is 5.33. The summed E-state index contributed by atoms with van der Waals surface area (Å²) in [5, 5.41) is 0. The van der Waals surface area contributed by atoms with E-state index in [0.717, 1.165) is 5.56 Å². The maximum Gasteiger partial charge on any atom is 0.209 e. The SMILES string of the molecule is C#CC(=O)Cc1ccccc1. The van der Waals surface area contributed by atoms with E-state index in [9.17, 15) is 4.79 Å². The van der Waals surface area contributed by atoms with Crippen molar-refractivity contribution in [3.8, 4) is 12.3 Å². The van der Waals surface area contributed by atoms with E-state index >= 15 is 0 Å². The zero-order valence-corrected chi connectivity index (χ0v) is 6.08. The van der Waals surface area contributed by atoms with Gasteiger partial charge in [-0.3, -0.25) is 4.79 Å². The molecule has 1 nitrogen and oxygen atoms in total. The topological polar surface area (TPSA) is 17.1 Å². The molecule has 1 aromatic rings. The van der Waals surface area contributed by atoms with Gasteiger partial charge in [-0.15, -0.1) is 6.42 Å².